The van der Waals surface area contributed by atoms with E-state index in [0.717, 1.165) is 6.42 Å². The summed E-state index contributed by atoms with van der Waals surface area (Å²) in [5.41, 5.74) is 0.243. The molecule has 0 aliphatic heterocycles. The molecular weight excluding hydrogens is 160 g/mol. The molecule has 1 atom stereocenters. The second-order valence-corrected chi connectivity index (χ2v) is 4.87. The van der Waals surface area contributed by atoms with Crippen molar-refractivity contribution >= 4 is 0 Å². The molecule has 1 unspecified atom stereocenters. The predicted molar refractivity (Wildman–Crippen MR) is 56.7 cm³/mol. The summed E-state index contributed by atoms with van der Waals surface area (Å²) in [6.45, 7) is 4.46. The molecule has 0 aromatic carbocycles. The van der Waals surface area contributed by atoms with Crippen LogP contribution in [0.4, 0.5) is 0 Å². The molecule has 1 nitrogen and oxygen atoms in total. The Morgan fingerprint density at radius 1 is 1.23 bits per heavy atom. The van der Waals surface area contributed by atoms with E-state index in [9.17, 15) is 5.11 Å². The highest BCUT2D eigenvalue weighted by Gasteiger charge is 2.33. The van der Waals surface area contributed by atoms with Crippen LogP contribution in [0, 0.1) is 5.41 Å². The van der Waals surface area contributed by atoms with Gasteiger partial charge in [-0.25, -0.2) is 0 Å². The van der Waals surface area contributed by atoms with Crippen LogP contribution in [0.2, 0.25) is 0 Å². The Bertz CT molecular complexity index is 136. The highest BCUT2D eigenvalue weighted by molar-refractivity contribution is 4.84. The van der Waals surface area contributed by atoms with E-state index in [1.807, 2.05) is 0 Å². The minimum Gasteiger partial charge on any atom is -0.393 e. The molecule has 0 heterocycles. The van der Waals surface area contributed by atoms with Gasteiger partial charge in [0.15, 0.2) is 0 Å². The molecule has 78 valence electrons. The zero-order chi connectivity index (χ0) is 9.73. The molecule has 1 saturated carbocycles. The Hall–Kier alpha value is -0.0400. The molecule has 0 amide bonds. The summed E-state index contributed by atoms with van der Waals surface area (Å²) >= 11 is 0. The van der Waals surface area contributed by atoms with Crippen LogP contribution in [0.25, 0.3) is 0 Å². The van der Waals surface area contributed by atoms with Gasteiger partial charge in [0.1, 0.15) is 0 Å². The number of aliphatic hydroxyl groups excluding tert-OH is 1. The van der Waals surface area contributed by atoms with Gasteiger partial charge in [-0.3, -0.25) is 0 Å². The Kier molecular flexibility index (Phi) is 4.24. The maximum Gasteiger partial charge on any atom is 0.0593 e. The van der Waals surface area contributed by atoms with Crippen molar-refractivity contribution in [3.8, 4) is 0 Å². The van der Waals surface area contributed by atoms with Gasteiger partial charge in [0.2, 0.25) is 0 Å². The summed E-state index contributed by atoms with van der Waals surface area (Å²) in [6.07, 6.45) is 9.81. The third kappa shape index (κ3) is 2.98. The molecule has 13 heavy (non-hydrogen) atoms. The highest BCUT2D eigenvalue weighted by Crippen LogP contribution is 2.40. The highest BCUT2D eigenvalue weighted by atomic mass is 16.3. The SMILES string of the molecule is CCCCC(O)C1(C)CCCCC1. The molecule has 0 bridgehead atoms. The first-order chi connectivity index (χ1) is 6.19. The molecule has 1 rings (SSSR count). The number of hydrogen-bond donors (Lipinski definition) is 1. The van der Waals surface area contributed by atoms with E-state index in [1.54, 1.807) is 0 Å². The molecule has 0 spiro atoms. The van der Waals surface area contributed by atoms with Crippen LogP contribution in [0.1, 0.15) is 65.2 Å². The van der Waals surface area contributed by atoms with E-state index < -0.39 is 0 Å². The Morgan fingerprint density at radius 3 is 2.38 bits per heavy atom. The predicted octanol–water partition coefficient (Wildman–Crippen LogP) is 3.51. The molecule has 1 fully saturated rings. The van der Waals surface area contributed by atoms with Crippen molar-refractivity contribution < 1.29 is 5.11 Å². The first-order valence-corrected chi connectivity index (χ1v) is 5.87. The zero-order valence-electron chi connectivity index (χ0n) is 9.18. The van der Waals surface area contributed by atoms with Crippen molar-refractivity contribution in [2.24, 2.45) is 5.41 Å². The van der Waals surface area contributed by atoms with Gasteiger partial charge in [-0.2, -0.15) is 0 Å². The summed E-state index contributed by atoms with van der Waals surface area (Å²) in [5.74, 6) is 0. The van der Waals surface area contributed by atoms with E-state index in [2.05, 4.69) is 13.8 Å². The summed E-state index contributed by atoms with van der Waals surface area (Å²) < 4.78 is 0. The normalized spacial score (nSPS) is 24.2. The average molecular weight is 184 g/mol. The van der Waals surface area contributed by atoms with E-state index in [1.165, 1.54) is 44.9 Å². The lowest BCUT2D eigenvalue weighted by Crippen LogP contribution is -2.34. The van der Waals surface area contributed by atoms with Crippen molar-refractivity contribution in [3.63, 3.8) is 0 Å². The van der Waals surface area contributed by atoms with Gasteiger partial charge in [-0.05, 0) is 24.7 Å². The Morgan fingerprint density at radius 2 is 1.85 bits per heavy atom. The molecule has 0 saturated heterocycles. The van der Waals surface area contributed by atoms with Gasteiger partial charge in [0, 0.05) is 0 Å². The van der Waals surface area contributed by atoms with E-state index in [4.69, 9.17) is 0 Å². The summed E-state index contributed by atoms with van der Waals surface area (Å²) in [6, 6.07) is 0. The fraction of sp³-hybridized carbons (Fsp3) is 1.00. The van der Waals surface area contributed by atoms with Gasteiger partial charge in [0.05, 0.1) is 6.10 Å². The summed E-state index contributed by atoms with van der Waals surface area (Å²) in [4.78, 5) is 0. The van der Waals surface area contributed by atoms with Gasteiger partial charge >= 0.3 is 0 Å². The third-order valence-electron chi connectivity index (χ3n) is 3.63. The van der Waals surface area contributed by atoms with Crippen LogP contribution >= 0.6 is 0 Å². The zero-order valence-corrected chi connectivity index (χ0v) is 9.18. The molecular formula is C12H24O. The van der Waals surface area contributed by atoms with Crippen LogP contribution < -0.4 is 0 Å². The quantitative estimate of drug-likeness (QED) is 0.709. The van der Waals surface area contributed by atoms with Crippen LogP contribution in [0.15, 0.2) is 0 Å². The fourth-order valence-corrected chi connectivity index (χ4v) is 2.44. The Labute approximate surface area is 82.5 Å². The minimum atomic E-state index is -0.0484. The third-order valence-corrected chi connectivity index (χ3v) is 3.63. The lowest BCUT2D eigenvalue weighted by atomic mass is 9.70. The van der Waals surface area contributed by atoms with Crippen molar-refractivity contribution in [3.05, 3.63) is 0 Å². The molecule has 1 aliphatic carbocycles. The van der Waals surface area contributed by atoms with Crippen molar-refractivity contribution in [2.75, 3.05) is 0 Å². The van der Waals surface area contributed by atoms with Crippen LogP contribution in [0.5, 0.6) is 0 Å². The molecule has 0 aromatic rings. The van der Waals surface area contributed by atoms with E-state index in [0.29, 0.717) is 0 Å². The molecule has 1 heteroatoms. The number of unbranched alkanes of at least 4 members (excludes halogenated alkanes) is 1. The van der Waals surface area contributed by atoms with Gasteiger partial charge in [-0.15, -0.1) is 0 Å². The topological polar surface area (TPSA) is 20.2 Å². The Balaban J connectivity index is 2.37. The summed E-state index contributed by atoms with van der Waals surface area (Å²) in [7, 11) is 0. The van der Waals surface area contributed by atoms with Crippen LogP contribution in [0.3, 0.4) is 0 Å². The van der Waals surface area contributed by atoms with E-state index in [-0.39, 0.29) is 11.5 Å². The first kappa shape index (κ1) is 11.0. The molecule has 0 aromatic heterocycles. The van der Waals surface area contributed by atoms with Gasteiger partial charge in [-0.1, -0.05) is 46.0 Å². The van der Waals surface area contributed by atoms with Gasteiger partial charge in [0.25, 0.3) is 0 Å². The van der Waals surface area contributed by atoms with Crippen molar-refractivity contribution in [2.45, 2.75) is 71.3 Å². The second-order valence-electron chi connectivity index (χ2n) is 4.87. The maximum atomic E-state index is 10.1. The first-order valence-electron chi connectivity index (χ1n) is 5.87. The van der Waals surface area contributed by atoms with Gasteiger partial charge < -0.3 is 5.11 Å². The monoisotopic (exact) mass is 184 g/mol. The second kappa shape index (κ2) is 4.99. The summed E-state index contributed by atoms with van der Waals surface area (Å²) in [5, 5.41) is 10.1. The lowest BCUT2D eigenvalue weighted by molar-refractivity contribution is 0.00297. The fourth-order valence-electron chi connectivity index (χ4n) is 2.44. The molecule has 0 radical (unpaired) electrons. The standard InChI is InChI=1S/C12H24O/c1-3-4-8-11(13)12(2)9-6-5-7-10-12/h11,13H,3-10H2,1-2H3. The number of hydrogen-bond acceptors (Lipinski definition) is 1. The smallest absolute Gasteiger partial charge is 0.0593 e. The van der Waals surface area contributed by atoms with E-state index >= 15 is 0 Å². The van der Waals surface area contributed by atoms with Crippen molar-refractivity contribution in [1.82, 2.24) is 0 Å². The largest absolute Gasteiger partial charge is 0.393 e. The molecule has 1 aliphatic rings. The van der Waals surface area contributed by atoms with Crippen molar-refractivity contribution in [1.29, 1.82) is 0 Å². The number of aliphatic hydroxyl groups is 1. The minimum absolute atomic E-state index is 0.0484. The molecule has 1 N–H and O–H groups in total. The lowest BCUT2D eigenvalue weighted by Gasteiger charge is -2.38. The van der Waals surface area contributed by atoms with Crippen LogP contribution in [-0.4, -0.2) is 11.2 Å². The van der Waals surface area contributed by atoms with Crippen LogP contribution in [-0.2, 0) is 0 Å². The number of rotatable bonds is 4. The maximum absolute atomic E-state index is 10.1. The average Bonchev–Trinajstić information content (AvgIpc) is 2.15.